The van der Waals surface area contributed by atoms with Crippen LogP contribution in [0.4, 0.5) is 5.00 Å². The predicted molar refractivity (Wildman–Crippen MR) is 72.5 cm³/mol. The molecule has 0 unspecified atom stereocenters. The lowest BCUT2D eigenvalue weighted by molar-refractivity contribution is 0.802. The Bertz CT molecular complexity index is 390. The highest BCUT2D eigenvalue weighted by Crippen LogP contribution is 2.28. The molecule has 0 bridgehead atoms. The van der Waals surface area contributed by atoms with Crippen LogP contribution in [0.5, 0.6) is 0 Å². The minimum atomic E-state index is 0.269. The Morgan fingerprint density at radius 2 is 2.25 bits per heavy atom. The van der Waals surface area contributed by atoms with E-state index in [-0.39, 0.29) is 4.75 Å². The normalized spacial score (nSPS) is 11.2. The van der Waals surface area contributed by atoms with Gasteiger partial charge in [-0.15, -0.1) is 0 Å². The summed E-state index contributed by atoms with van der Waals surface area (Å²) in [5.74, 6) is 0.990. The molecule has 0 aliphatic heterocycles. The lowest BCUT2D eigenvalue weighted by Gasteiger charge is -2.17. The highest BCUT2D eigenvalue weighted by Gasteiger charge is 2.12. The van der Waals surface area contributed by atoms with Gasteiger partial charge in [-0.1, -0.05) is 32.4 Å². The van der Waals surface area contributed by atoms with Gasteiger partial charge in [-0.3, -0.25) is 0 Å². The van der Waals surface area contributed by atoms with Crippen LogP contribution in [0.3, 0.4) is 0 Å². The van der Waals surface area contributed by atoms with E-state index in [0.717, 1.165) is 17.3 Å². The summed E-state index contributed by atoms with van der Waals surface area (Å²) in [6, 6.07) is 2.05. The van der Waals surface area contributed by atoms with Gasteiger partial charge < -0.3 is 5.32 Å². The molecule has 1 heterocycles. The van der Waals surface area contributed by atoms with Gasteiger partial charge in [0.2, 0.25) is 0 Å². The zero-order chi connectivity index (χ0) is 12.2. The van der Waals surface area contributed by atoms with Gasteiger partial charge in [0.1, 0.15) is 16.6 Å². The summed E-state index contributed by atoms with van der Waals surface area (Å²) in [5.41, 5.74) is 0.451. The number of hydrogen-bond donors (Lipinski definition) is 1. The first-order chi connectivity index (χ1) is 7.44. The summed E-state index contributed by atoms with van der Waals surface area (Å²) in [5, 5.41) is 13.1. The summed E-state index contributed by atoms with van der Waals surface area (Å²) in [7, 11) is 0. The Kier molecular flexibility index (Phi) is 4.90. The average molecular weight is 276 g/mol. The van der Waals surface area contributed by atoms with Crippen molar-refractivity contribution in [1.82, 2.24) is 4.37 Å². The van der Waals surface area contributed by atoms with E-state index in [1.165, 1.54) is 11.5 Å². The zero-order valence-corrected chi connectivity index (χ0v) is 11.9. The van der Waals surface area contributed by atoms with Crippen molar-refractivity contribution in [3.8, 4) is 6.07 Å². The Hall–Kier alpha value is -0.440. The minimum absolute atomic E-state index is 0.269. The third-order valence-electron chi connectivity index (χ3n) is 1.68. The number of nitrogens with zero attached hydrogens (tertiary/aromatic N) is 2. The van der Waals surface area contributed by atoms with Gasteiger partial charge in [0.15, 0.2) is 5.15 Å². The first-order valence-electron chi connectivity index (χ1n) is 4.87. The molecule has 0 fully saturated rings. The van der Waals surface area contributed by atoms with Gasteiger partial charge >= 0.3 is 0 Å². The van der Waals surface area contributed by atoms with Crippen molar-refractivity contribution in [1.29, 1.82) is 5.26 Å². The van der Waals surface area contributed by atoms with Gasteiger partial charge in [0.05, 0.1) is 0 Å². The van der Waals surface area contributed by atoms with Crippen molar-refractivity contribution in [3.05, 3.63) is 10.7 Å². The van der Waals surface area contributed by atoms with E-state index < -0.39 is 0 Å². The zero-order valence-electron chi connectivity index (χ0n) is 9.50. The molecule has 0 amide bonds. The molecule has 0 spiro atoms. The fourth-order valence-corrected chi connectivity index (χ4v) is 2.79. The van der Waals surface area contributed by atoms with Crippen LogP contribution in [0.15, 0.2) is 0 Å². The van der Waals surface area contributed by atoms with E-state index in [4.69, 9.17) is 16.9 Å². The molecule has 0 aromatic carbocycles. The number of rotatable bonds is 4. The first kappa shape index (κ1) is 13.6. The molecule has 3 nitrogen and oxygen atoms in total. The van der Waals surface area contributed by atoms with Crippen molar-refractivity contribution in [2.75, 3.05) is 17.6 Å². The first-order valence-corrected chi connectivity index (χ1v) is 7.01. The Morgan fingerprint density at radius 3 is 2.81 bits per heavy atom. The quantitative estimate of drug-likeness (QED) is 0.853. The standard InChI is InChI=1S/C10H14ClN3S2/c1-10(2,3)15-5-4-13-9-7(6-12)8(11)14-16-9/h13H,4-5H2,1-3H3. The van der Waals surface area contributed by atoms with Crippen LogP contribution in [0, 0.1) is 11.3 Å². The SMILES string of the molecule is CC(C)(C)SCCNc1snc(Cl)c1C#N. The lowest BCUT2D eigenvalue weighted by atomic mass is 10.3. The second-order valence-corrected chi connectivity index (χ2v) is 7.23. The molecule has 0 saturated heterocycles. The van der Waals surface area contributed by atoms with Crippen molar-refractivity contribution < 1.29 is 0 Å². The van der Waals surface area contributed by atoms with E-state index in [1.54, 1.807) is 0 Å². The lowest BCUT2D eigenvalue weighted by Crippen LogP contribution is -2.12. The number of halogens is 1. The number of thioether (sulfide) groups is 1. The van der Waals surface area contributed by atoms with Crippen molar-refractivity contribution >= 4 is 39.9 Å². The summed E-state index contributed by atoms with van der Waals surface area (Å²) < 4.78 is 4.20. The fourth-order valence-electron chi connectivity index (χ4n) is 1.01. The van der Waals surface area contributed by atoms with Crippen LogP contribution < -0.4 is 5.32 Å². The van der Waals surface area contributed by atoms with Crippen LogP contribution in [0.25, 0.3) is 0 Å². The van der Waals surface area contributed by atoms with Crippen LogP contribution in [-0.4, -0.2) is 21.4 Å². The molecule has 0 saturated carbocycles. The number of nitriles is 1. The maximum Gasteiger partial charge on any atom is 0.162 e. The van der Waals surface area contributed by atoms with Gasteiger partial charge in [0.25, 0.3) is 0 Å². The minimum Gasteiger partial charge on any atom is -0.374 e. The van der Waals surface area contributed by atoms with Gasteiger partial charge in [-0.25, -0.2) is 0 Å². The van der Waals surface area contributed by atoms with Gasteiger partial charge in [0, 0.05) is 17.0 Å². The molecule has 1 N–H and O–H groups in total. The summed E-state index contributed by atoms with van der Waals surface area (Å²) in [6.45, 7) is 7.36. The van der Waals surface area contributed by atoms with E-state index in [1.807, 2.05) is 17.8 Å². The molecule has 88 valence electrons. The monoisotopic (exact) mass is 275 g/mol. The summed E-state index contributed by atoms with van der Waals surface area (Å²) >= 11 is 8.87. The highest BCUT2D eigenvalue weighted by atomic mass is 35.5. The molecule has 0 radical (unpaired) electrons. The van der Waals surface area contributed by atoms with E-state index in [0.29, 0.717) is 10.7 Å². The molecule has 0 atom stereocenters. The third-order valence-corrected chi connectivity index (χ3v) is 4.14. The van der Waals surface area contributed by atoms with E-state index >= 15 is 0 Å². The number of nitrogens with one attached hydrogen (secondary N) is 1. The molecular weight excluding hydrogens is 262 g/mol. The smallest absolute Gasteiger partial charge is 0.162 e. The molecular formula is C10H14ClN3S2. The largest absolute Gasteiger partial charge is 0.374 e. The second kappa shape index (κ2) is 5.76. The molecule has 6 heteroatoms. The average Bonchev–Trinajstić information content (AvgIpc) is 2.52. The molecule has 1 aromatic rings. The molecule has 0 aliphatic carbocycles. The fraction of sp³-hybridized carbons (Fsp3) is 0.600. The van der Waals surface area contributed by atoms with Crippen molar-refractivity contribution in [2.24, 2.45) is 0 Å². The molecule has 0 aliphatic rings. The highest BCUT2D eigenvalue weighted by molar-refractivity contribution is 8.00. The Labute approximate surface area is 109 Å². The molecule has 16 heavy (non-hydrogen) atoms. The summed E-state index contributed by atoms with van der Waals surface area (Å²) in [4.78, 5) is 0. The third kappa shape index (κ3) is 4.20. The van der Waals surface area contributed by atoms with Crippen LogP contribution in [-0.2, 0) is 0 Å². The second-order valence-electron chi connectivity index (χ2n) is 4.18. The molecule has 1 aromatic heterocycles. The van der Waals surface area contributed by atoms with Crippen LogP contribution >= 0.6 is 34.9 Å². The maximum absolute atomic E-state index is 8.86. The Morgan fingerprint density at radius 1 is 1.56 bits per heavy atom. The summed E-state index contributed by atoms with van der Waals surface area (Å²) in [6.07, 6.45) is 0. The predicted octanol–water partition coefficient (Wildman–Crippen LogP) is 3.61. The number of aromatic nitrogens is 1. The number of anilines is 1. The Balaban J connectivity index is 2.41. The maximum atomic E-state index is 8.86. The van der Waals surface area contributed by atoms with Crippen LogP contribution in [0.2, 0.25) is 5.15 Å². The van der Waals surface area contributed by atoms with Crippen molar-refractivity contribution in [2.45, 2.75) is 25.5 Å². The number of hydrogen-bond acceptors (Lipinski definition) is 5. The van der Waals surface area contributed by atoms with Gasteiger partial charge in [-0.05, 0) is 11.5 Å². The van der Waals surface area contributed by atoms with E-state index in [2.05, 4.69) is 30.5 Å². The van der Waals surface area contributed by atoms with Gasteiger partial charge in [-0.2, -0.15) is 21.4 Å². The van der Waals surface area contributed by atoms with Crippen molar-refractivity contribution in [3.63, 3.8) is 0 Å². The molecule has 1 rings (SSSR count). The van der Waals surface area contributed by atoms with Crippen LogP contribution in [0.1, 0.15) is 26.3 Å². The topological polar surface area (TPSA) is 48.7 Å². The van der Waals surface area contributed by atoms with E-state index in [9.17, 15) is 0 Å².